The number of carbonyl (C=O) groups is 1. The van der Waals surface area contributed by atoms with Crippen LogP contribution in [0, 0.1) is 0 Å². The molecule has 1 aliphatic carbocycles. The molecule has 7 nitrogen and oxygen atoms in total. The molecular weight excluding hydrogens is 308 g/mol. The number of carboxylic acids is 1. The van der Waals surface area contributed by atoms with E-state index in [2.05, 4.69) is 15.6 Å². The minimum Gasteiger partial charge on any atom is -0.497 e. The Bertz CT molecular complexity index is 683. The zero-order valence-corrected chi connectivity index (χ0v) is 13.7. The van der Waals surface area contributed by atoms with E-state index in [1.807, 2.05) is 24.3 Å². The highest BCUT2D eigenvalue weighted by atomic mass is 16.5. The molecule has 0 aliphatic heterocycles. The van der Waals surface area contributed by atoms with Crippen LogP contribution < -0.4 is 10.1 Å². The maximum Gasteiger partial charge on any atom is 0.358 e. The molecule has 0 spiro atoms. The molecule has 2 aromatic rings. The van der Waals surface area contributed by atoms with Crippen LogP contribution in [0.2, 0.25) is 0 Å². The van der Waals surface area contributed by atoms with Crippen molar-refractivity contribution in [3.05, 3.63) is 41.7 Å². The standard InChI is InChI=1S/C17H22N4O3/c1-24-13-8-6-12(7-9-13)10-18-14-4-2-3-5-16(14)21-11-15(17(22)23)19-20-21/h6-9,11,14,16,18H,2-5,10H2,1H3,(H,22,23)/t14-,16+/m1/s1. The summed E-state index contributed by atoms with van der Waals surface area (Å²) in [6, 6.07) is 8.38. The molecule has 0 bridgehead atoms. The Morgan fingerprint density at radius 3 is 2.75 bits per heavy atom. The van der Waals surface area contributed by atoms with Crippen molar-refractivity contribution in [3.63, 3.8) is 0 Å². The number of benzene rings is 1. The fourth-order valence-corrected chi connectivity index (χ4v) is 3.20. The Labute approximate surface area is 140 Å². The minimum absolute atomic E-state index is 0.00511. The lowest BCUT2D eigenvalue weighted by Gasteiger charge is -2.32. The number of methoxy groups -OCH3 is 1. The van der Waals surface area contributed by atoms with Crippen LogP contribution >= 0.6 is 0 Å². The Morgan fingerprint density at radius 1 is 1.33 bits per heavy atom. The van der Waals surface area contributed by atoms with Gasteiger partial charge in [0.2, 0.25) is 0 Å². The van der Waals surface area contributed by atoms with Gasteiger partial charge in [0, 0.05) is 12.6 Å². The Morgan fingerprint density at radius 2 is 2.08 bits per heavy atom. The molecule has 1 aliphatic rings. The molecule has 0 saturated heterocycles. The lowest BCUT2D eigenvalue weighted by molar-refractivity contribution is 0.0690. The van der Waals surface area contributed by atoms with Crippen molar-refractivity contribution in [3.8, 4) is 5.75 Å². The summed E-state index contributed by atoms with van der Waals surface area (Å²) in [5.74, 6) is -0.196. The number of aromatic nitrogens is 3. The summed E-state index contributed by atoms with van der Waals surface area (Å²) in [6.45, 7) is 0.756. The lowest BCUT2D eigenvalue weighted by atomic mass is 9.90. The fourth-order valence-electron chi connectivity index (χ4n) is 3.20. The quantitative estimate of drug-likeness (QED) is 0.844. The van der Waals surface area contributed by atoms with E-state index in [9.17, 15) is 4.79 Å². The first-order valence-corrected chi connectivity index (χ1v) is 8.19. The normalized spacial score (nSPS) is 20.7. The number of hydrogen-bond donors (Lipinski definition) is 2. The van der Waals surface area contributed by atoms with Crippen LogP contribution in [0.5, 0.6) is 5.75 Å². The van der Waals surface area contributed by atoms with Crippen LogP contribution in [0.25, 0.3) is 0 Å². The molecule has 128 valence electrons. The number of nitrogens with one attached hydrogen (secondary N) is 1. The first kappa shape index (κ1) is 16.4. The molecule has 24 heavy (non-hydrogen) atoms. The molecule has 1 heterocycles. The van der Waals surface area contributed by atoms with E-state index in [0.29, 0.717) is 0 Å². The predicted molar refractivity (Wildman–Crippen MR) is 88.1 cm³/mol. The topological polar surface area (TPSA) is 89.3 Å². The molecule has 7 heteroatoms. The van der Waals surface area contributed by atoms with Gasteiger partial charge in [0.25, 0.3) is 0 Å². The maximum atomic E-state index is 11.0. The van der Waals surface area contributed by atoms with Crippen LogP contribution in [-0.4, -0.2) is 39.2 Å². The van der Waals surface area contributed by atoms with Gasteiger partial charge < -0.3 is 15.2 Å². The van der Waals surface area contributed by atoms with Crippen LogP contribution in [0.4, 0.5) is 0 Å². The van der Waals surface area contributed by atoms with Gasteiger partial charge in [-0.2, -0.15) is 0 Å². The summed E-state index contributed by atoms with van der Waals surface area (Å²) in [6.07, 6.45) is 5.83. The number of nitrogens with zero attached hydrogens (tertiary/aromatic N) is 3. The summed E-state index contributed by atoms with van der Waals surface area (Å²) < 4.78 is 6.88. The number of carboxylic acid groups (broad SMARTS) is 1. The van der Waals surface area contributed by atoms with Gasteiger partial charge in [0.1, 0.15) is 5.75 Å². The van der Waals surface area contributed by atoms with Gasteiger partial charge in [-0.1, -0.05) is 30.2 Å². The maximum absolute atomic E-state index is 11.0. The zero-order valence-electron chi connectivity index (χ0n) is 13.7. The molecule has 3 rings (SSSR count). The number of hydrogen-bond acceptors (Lipinski definition) is 5. The summed E-state index contributed by atoms with van der Waals surface area (Å²) >= 11 is 0. The van der Waals surface area contributed by atoms with E-state index in [1.54, 1.807) is 11.8 Å². The van der Waals surface area contributed by atoms with E-state index < -0.39 is 5.97 Å². The number of rotatable bonds is 6. The molecular formula is C17H22N4O3. The number of aromatic carboxylic acids is 1. The molecule has 1 fully saturated rings. The van der Waals surface area contributed by atoms with E-state index in [-0.39, 0.29) is 17.8 Å². The third kappa shape index (κ3) is 3.73. The zero-order chi connectivity index (χ0) is 16.9. The third-order valence-electron chi connectivity index (χ3n) is 4.53. The summed E-state index contributed by atoms with van der Waals surface area (Å²) in [5.41, 5.74) is 1.18. The molecule has 2 N–H and O–H groups in total. The summed E-state index contributed by atoms with van der Waals surface area (Å²) in [7, 11) is 1.66. The van der Waals surface area contributed by atoms with Crippen molar-refractivity contribution < 1.29 is 14.6 Å². The predicted octanol–water partition coefficient (Wildman–Crippen LogP) is 2.26. The molecule has 1 aromatic carbocycles. The lowest BCUT2D eigenvalue weighted by Crippen LogP contribution is -2.39. The largest absolute Gasteiger partial charge is 0.497 e. The second-order valence-corrected chi connectivity index (χ2v) is 6.08. The van der Waals surface area contributed by atoms with Crippen LogP contribution in [0.1, 0.15) is 47.8 Å². The number of ether oxygens (including phenoxy) is 1. The highest BCUT2D eigenvalue weighted by molar-refractivity contribution is 5.84. The molecule has 2 atom stereocenters. The van der Waals surface area contributed by atoms with E-state index >= 15 is 0 Å². The third-order valence-corrected chi connectivity index (χ3v) is 4.53. The van der Waals surface area contributed by atoms with Crippen molar-refractivity contribution in [2.45, 2.75) is 44.3 Å². The monoisotopic (exact) mass is 330 g/mol. The Balaban J connectivity index is 1.66. The van der Waals surface area contributed by atoms with Gasteiger partial charge in [0.05, 0.1) is 19.3 Å². The van der Waals surface area contributed by atoms with Crippen LogP contribution in [0.15, 0.2) is 30.5 Å². The molecule has 1 aromatic heterocycles. The Kier molecular flexibility index (Phi) is 5.10. The molecule has 0 radical (unpaired) electrons. The van der Waals surface area contributed by atoms with E-state index in [1.165, 1.54) is 11.8 Å². The average molecular weight is 330 g/mol. The first-order valence-electron chi connectivity index (χ1n) is 8.19. The van der Waals surface area contributed by atoms with Crippen LogP contribution in [-0.2, 0) is 6.54 Å². The molecule has 0 unspecified atom stereocenters. The van der Waals surface area contributed by atoms with E-state index in [0.717, 1.165) is 38.0 Å². The van der Waals surface area contributed by atoms with Gasteiger partial charge in [-0.05, 0) is 30.5 Å². The second kappa shape index (κ2) is 7.44. The van der Waals surface area contributed by atoms with E-state index in [4.69, 9.17) is 9.84 Å². The fraction of sp³-hybridized carbons (Fsp3) is 0.471. The Hall–Kier alpha value is -2.41. The average Bonchev–Trinajstić information content (AvgIpc) is 3.11. The second-order valence-electron chi connectivity index (χ2n) is 6.08. The minimum atomic E-state index is -1.04. The van der Waals surface area contributed by atoms with Crippen molar-refractivity contribution in [1.29, 1.82) is 0 Å². The van der Waals surface area contributed by atoms with Crippen molar-refractivity contribution >= 4 is 5.97 Å². The first-order chi connectivity index (χ1) is 11.7. The van der Waals surface area contributed by atoms with Crippen molar-refractivity contribution in [2.24, 2.45) is 0 Å². The highest BCUT2D eigenvalue weighted by Crippen LogP contribution is 2.28. The van der Waals surface area contributed by atoms with Gasteiger partial charge >= 0.3 is 5.97 Å². The SMILES string of the molecule is COc1ccc(CN[C@@H]2CCCC[C@@H]2n2cc(C(=O)O)nn2)cc1. The van der Waals surface area contributed by atoms with Gasteiger partial charge in [-0.3, -0.25) is 0 Å². The molecule has 1 saturated carbocycles. The van der Waals surface area contributed by atoms with Crippen LogP contribution in [0.3, 0.4) is 0 Å². The smallest absolute Gasteiger partial charge is 0.358 e. The van der Waals surface area contributed by atoms with Gasteiger partial charge in [-0.25, -0.2) is 9.48 Å². The highest BCUT2D eigenvalue weighted by Gasteiger charge is 2.27. The van der Waals surface area contributed by atoms with Crippen molar-refractivity contribution in [1.82, 2.24) is 20.3 Å². The summed E-state index contributed by atoms with van der Waals surface area (Å²) in [4.78, 5) is 11.0. The van der Waals surface area contributed by atoms with Gasteiger partial charge in [-0.15, -0.1) is 5.10 Å². The molecule has 0 amide bonds. The summed E-state index contributed by atoms with van der Waals surface area (Å²) in [5, 5.41) is 20.4. The van der Waals surface area contributed by atoms with Crippen molar-refractivity contribution in [2.75, 3.05) is 7.11 Å². The van der Waals surface area contributed by atoms with Gasteiger partial charge in [0.15, 0.2) is 5.69 Å².